The Morgan fingerprint density at radius 3 is 2.91 bits per heavy atom. The summed E-state index contributed by atoms with van der Waals surface area (Å²) in [5.74, 6) is -1.44. The number of halogens is 3. The van der Waals surface area contributed by atoms with Crippen LogP contribution >= 0.6 is 11.6 Å². The number of carbonyl (C=O) groups is 1. The summed E-state index contributed by atoms with van der Waals surface area (Å²) in [5.41, 5.74) is 1.84. The first kappa shape index (κ1) is 20.6. The molecule has 1 saturated carbocycles. The maximum absolute atomic E-state index is 15.6. The lowest BCUT2D eigenvalue weighted by Gasteiger charge is -2.16. The molecule has 5 aromatic rings. The van der Waals surface area contributed by atoms with Crippen LogP contribution in [0, 0.1) is 11.7 Å². The number of anilines is 1. The number of aromatic nitrogens is 9. The fourth-order valence-corrected chi connectivity index (χ4v) is 4.30. The Balaban J connectivity index is 1.43. The molecule has 2 N–H and O–H groups in total. The van der Waals surface area contributed by atoms with Crippen molar-refractivity contribution in [2.24, 2.45) is 5.92 Å². The third kappa shape index (κ3) is 3.19. The first-order valence-electron chi connectivity index (χ1n) is 10.3. The molecule has 1 aliphatic carbocycles. The zero-order valence-electron chi connectivity index (χ0n) is 17.4. The van der Waals surface area contributed by atoms with E-state index in [4.69, 9.17) is 11.6 Å². The van der Waals surface area contributed by atoms with Crippen LogP contribution in [0.2, 0.25) is 5.02 Å². The third-order valence-corrected chi connectivity index (χ3v) is 6.26. The molecule has 0 spiro atoms. The molecule has 0 saturated heterocycles. The van der Waals surface area contributed by atoms with Gasteiger partial charge in [0.25, 0.3) is 0 Å². The minimum absolute atomic E-state index is 0.132. The van der Waals surface area contributed by atoms with Crippen LogP contribution in [0.4, 0.5) is 14.6 Å². The molecular weight excluding hydrogens is 470 g/mol. The maximum Gasteiger partial charge on any atom is 0.231 e. The molecule has 1 aliphatic rings. The number of nitrogens with one attached hydrogen (secondary N) is 2. The van der Waals surface area contributed by atoms with Gasteiger partial charge in [-0.15, -0.1) is 5.10 Å². The molecule has 34 heavy (non-hydrogen) atoms. The monoisotopic (exact) mass is 484 g/mol. The normalized spacial score (nSPS) is 18.5. The number of aromatic amines is 1. The molecule has 6 rings (SSSR count). The lowest BCUT2D eigenvalue weighted by Crippen LogP contribution is -2.15. The Bertz CT molecular complexity index is 1560. The number of carbonyl (C=O) groups excluding carboxylic acids is 1. The van der Waals surface area contributed by atoms with Gasteiger partial charge in [0.05, 0.1) is 46.8 Å². The fraction of sp³-hybridized carbons (Fsp3) is 0.250. The molecular formula is C20H15ClF2N10O. The molecule has 0 unspecified atom stereocenters. The van der Waals surface area contributed by atoms with E-state index >= 15 is 4.39 Å². The van der Waals surface area contributed by atoms with Gasteiger partial charge in [-0.2, -0.15) is 5.10 Å². The van der Waals surface area contributed by atoms with Crippen molar-refractivity contribution in [3.8, 4) is 11.3 Å². The Labute approximate surface area is 194 Å². The van der Waals surface area contributed by atoms with E-state index in [1.54, 1.807) is 29.9 Å². The topological polar surface area (TPSA) is 132 Å². The Kier molecular flexibility index (Phi) is 4.55. The molecule has 3 atom stereocenters. The summed E-state index contributed by atoms with van der Waals surface area (Å²) in [4.78, 5) is 20.7. The van der Waals surface area contributed by atoms with E-state index in [0.29, 0.717) is 27.8 Å². The summed E-state index contributed by atoms with van der Waals surface area (Å²) in [7, 11) is 0. The highest BCUT2D eigenvalue weighted by atomic mass is 35.5. The molecule has 11 nitrogen and oxygen atoms in total. The van der Waals surface area contributed by atoms with Crippen LogP contribution in [0.25, 0.3) is 27.8 Å². The second-order valence-electron chi connectivity index (χ2n) is 8.05. The molecule has 0 aliphatic heterocycles. The number of imidazole rings is 1. The molecule has 0 radical (unpaired) electrons. The standard InChI is InChI=1S/C20H15ClF2N10O/c1-8(33-7-26-30-31-33)15-18(23)17(21)16(10-3-25-29-19(10)15)12-5-32-6-13(27-14(32)4-24-12)28-20(34)9-2-11(9)22/h3-9,11H,2H2,1H3,(H,25,29)(H,28,34)/t8-,9-,11+/m1/s1. The van der Waals surface area contributed by atoms with Gasteiger partial charge in [0.15, 0.2) is 11.5 Å². The quantitative estimate of drug-likeness (QED) is 0.392. The molecule has 172 valence electrons. The number of hydrogen-bond donors (Lipinski definition) is 2. The molecule has 1 aromatic carbocycles. The summed E-state index contributed by atoms with van der Waals surface area (Å²) >= 11 is 6.52. The highest BCUT2D eigenvalue weighted by Gasteiger charge is 2.43. The molecule has 1 fully saturated rings. The fourth-order valence-electron chi connectivity index (χ4n) is 4.00. The van der Waals surface area contributed by atoms with E-state index in [1.807, 2.05) is 0 Å². The summed E-state index contributed by atoms with van der Waals surface area (Å²) in [5, 5.41) is 21.0. The Morgan fingerprint density at radius 2 is 2.18 bits per heavy atom. The van der Waals surface area contributed by atoms with Crippen molar-refractivity contribution in [1.82, 2.24) is 44.8 Å². The molecule has 4 heterocycles. The van der Waals surface area contributed by atoms with E-state index in [9.17, 15) is 9.18 Å². The summed E-state index contributed by atoms with van der Waals surface area (Å²) in [6, 6.07) is -0.560. The zero-order valence-corrected chi connectivity index (χ0v) is 18.2. The zero-order chi connectivity index (χ0) is 23.6. The van der Waals surface area contributed by atoms with E-state index in [2.05, 4.69) is 41.0 Å². The van der Waals surface area contributed by atoms with Gasteiger partial charge in [-0.05, 0) is 23.8 Å². The number of rotatable bonds is 5. The maximum atomic E-state index is 15.6. The van der Waals surface area contributed by atoms with Crippen LogP contribution in [-0.4, -0.2) is 56.9 Å². The van der Waals surface area contributed by atoms with Gasteiger partial charge in [-0.1, -0.05) is 11.6 Å². The van der Waals surface area contributed by atoms with Crippen molar-refractivity contribution in [2.45, 2.75) is 25.6 Å². The SMILES string of the molecule is C[C@H](c1c(F)c(Cl)c(-c2cn3cc(NC(=O)[C@@H]4C[C@@H]4F)nc3cn2)c2cn[nH]c12)n1cnnn1. The number of hydrogen-bond acceptors (Lipinski definition) is 7. The molecule has 0 bridgehead atoms. The third-order valence-electron chi connectivity index (χ3n) is 5.90. The van der Waals surface area contributed by atoms with Crippen LogP contribution in [0.5, 0.6) is 0 Å². The van der Waals surface area contributed by atoms with Gasteiger partial charge in [0.1, 0.15) is 18.3 Å². The predicted molar refractivity (Wildman–Crippen MR) is 116 cm³/mol. The van der Waals surface area contributed by atoms with Gasteiger partial charge >= 0.3 is 0 Å². The van der Waals surface area contributed by atoms with Crippen molar-refractivity contribution < 1.29 is 13.6 Å². The van der Waals surface area contributed by atoms with E-state index in [-0.39, 0.29) is 22.8 Å². The Morgan fingerprint density at radius 1 is 1.35 bits per heavy atom. The highest BCUT2D eigenvalue weighted by Crippen LogP contribution is 2.41. The number of alkyl halides is 1. The van der Waals surface area contributed by atoms with Gasteiger partial charge in [-0.25, -0.2) is 18.4 Å². The minimum Gasteiger partial charge on any atom is -0.309 e. The van der Waals surface area contributed by atoms with Crippen molar-refractivity contribution in [3.63, 3.8) is 0 Å². The summed E-state index contributed by atoms with van der Waals surface area (Å²) < 4.78 is 31.8. The molecule has 4 aromatic heterocycles. The van der Waals surface area contributed by atoms with Gasteiger partial charge < -0.3 is 9.72 Å². The van der Waals surface area contributed by atoms with Crippen LogP contribution < -0.4 is 5.32 Å². The van der Waals surface area contributed by atoms with E-state index < -0.39 is 29.9 Å². The molecule has 14 heteroatoms. The predicted octanol–water partition coefficient (Wildman–Crippen LogP) is 2.96. The van der Waals surface area contributed by atoms with E-state index in [1.165, 1.54) is 17.2 Å². The second kappa shape index (κ2) is 7.52. The number of H-pyrrole nitrogens is 1. The van der Waals surface area contributed by atoms with Gasteiger partial charge in [-0.3, -0.25) is 14.9 Å². The summed E-state index contributed by atoms with van der Waals surface area (Å²) in [6.45, 7) is 1.74. The average molecular weight is 485 g/mol. The van der Waals surface area contributed by atoms with Crippen molar-refractivity contribution in [2.75, 3.05) is 5.32 Å². The Hall–Kier alpha value is -4.00. The average Bonchev–Trinajstić information content (AvgIpc) is 3.26. The van der Waals surface area contributed by atoms with Crippen molar-refractivity contribution >= 4 is 39.9 Å². The minimum atomic E-state index is -1.11. The number of fused-ring (bicyclic) bond motifs is 2. The number of benzene rings is 1. The lowest BCUT2D eigenvalue weighted by atomic mass is 9.98. The van der Waals surface area contributed by atoms with Gasteiger partial charge in [0.2, 0.25) is 5.91 Å². The number of amides is 1. The first-order valence-corrected chi connectivity index (χ1v) is 10.7. The lowest BCUT2D eigenvalue weighted by molar-refractivity contribution is -0.117. The van der Waals surface area contributed by atoms with Crippen molar-refractivity contribution in [1.29, 1.82) is 0 Å². The number of nitrogens with zero attached hydrogens (tertiary/aromatic N) is 8. The number of tetrazole rings is 1. The first-order chi connectivity index (χ1) is 16.4. The van der Waals surface area contributed by atoms with E-state index in [0.717, 1.165) is 0 Å². The van der Waals surface area contributed by atoms with Crippen LogP contribution in [0.15, 0.2) is 31.1 Å². The summed E-state index contributed by atoms with van der Waals surface area (Å²) in [6.07, 6.45) is 6.70. The highest BCUT2D eigenvalue weighted by molar-refractivity contribution is 6.35. The largest absolute Gasteiger partial charge is 0.309 e. The van der Waals surface area contributed by atoms with Crippen LogP contribution in [0.1, 0.15) is 24.9 Å². The van der Waals surface area contributed by atoms with Gasteiger partial charge in [0, 0.05) is 22.7 Å². The molecule has 1 amide bonds. The second-order valence-corrected chi connectivity index (χ2v) is 8.43. The smallest absolute Gasteiger partial charge is 0.231 e. The van der Waals surface area contributed by atoms with Crippen LogP contribution in [0.3, 0.4) is 0 Å². The van der Waals surface area contributed by atoms with Crippen molar-refractivity contribution in [3.05, 3.63) is 47.5 Å². The van der Waals surface area contributed by atoms with Crippen LogP contribution in [-0.2, 0) is 4.79 Å².